The van der Waals surface area contributed by atoms with Crippen molar-refractivity contribution < 1.29 is 23.1 Å². The first-order chi connectivity index (χ1) is 8.54. The van der Waals surface area contributed by atoms with Gasteiger partial charge >= 0.3 is 6.18 Å². The van der Waals surface area contributed by atoms with Crippen molar-refractivity contribution in [3.05, 3.63) is 28.0 Å². The first-order valence-electron chi connectivity index (χ1n) is 4.94. The maximum Gasteiger partial charge on any atom is 0.418 e. The van der Waals surface area contributed by atoms with Crippen LogP contribution >= 0.6 is 23.2 Å². The average Bonchev–Trinajstić information content (AvgIpc) is 2.28. The molecular weight excluding hydrogens is 308 g/mol. The lowest BCUT2D eigenvalue weighted by Crippen LogP contribution is -2.51. The molecular formula is C10H9Cl2F3N2O2. The molecule has 0 aliphatic heterocycles. The Labute approximate surface area is 116 Å². The molecule has 1 aromatic rings. The van der Waals surface area contributed by atoms with Crippen LogP contribution in [0.1, 0.15) is 17.4 Å². The van der Waals surface area contributed by atoms with Crippen LogP contribution in [0.5, 0.6) is 0 Å². The van der Waals surface area contributed by atoms with E-state index in [1.165, 1.54) is 12.1 Å². The molecule has 1 rings (SSSR count). The van der Waals surface area contributed by atoms with Crippen LogP contribution in [0.2, 0.25) is 10.2 Å². The number of carbonyl (C=O) groups excluding carboxylic acids is 1. The molecule has 106 valence electrons. The van der Waals surface area contributed by atoms with Gasteiger partial charge in [-0.1, -0.05) is 23.2 Å². The third-order valence-electron chi connectivity index (χ3n) is 2.23. The minimum atomic E-state index is -4.87. The monoisotopic (exact) mass is 316 g/mol. The lowest BCUT2D eigenvalue weighted by atomic mass is 10.1. The van der Waals surface area contributed by atoms with Gasteiger partial charge in [-0.2, -0.15) is 13.2 Å². The molecule has 1 aromatic heterocycles. The molecule has 1 amide bonds. The number of aromatic nitrogens is 1. The molecule has 19 heavy (non-hydrogen) atoms. The quantitative estimate of drug-likeness (QED) is 0.842. The van der Waals surface area contributed by atoms with E-state index in [2.05, 4.69) is 4.98 Å². The fraction of sp³-hybridized carbons (Fsp3) is 0.400. The number of rotatable bonds is 3. The van der Waals surface area contributed by atoms with Crippen molar-refractivity contribution in [1.29, 1.82) is 0 Å². The van der Waals surface area contributed by atoms with Gasteiger partial charge in [-0.25, -0.2) is 4.98 Å². The zero-order valence-electron chi connectivity index (χ0n) is 9.55. The topological polar surface area (TPSA) is 62.2 Å². The summed E-state index contributed by atoms with van der Waals surface area (Å²) in [6, 6.07) is 2.61. The Bertz CT molecular complexity index is 492. The molecule has 1 atom stereocenters. The van der Waals surface area contributed by atoms with Crippen molar-refractivity contribution >= 4 is 29.1 Å². The second-order valence-electron chi connectivity index (χ2n) is 3.92. The molecule has 0 radical (unpaired) electrons. The van der Waals surface area contributed by atoms with E-state index in [0.29, 0.717) is 6.92 Å². The molecule has 0 aliphatic rings. The molecule has 4 nitrogen and oxygen atoms in total. The van der Waals surface area contributed by atoms with Gasteiger partial charge in [0.15, 0.2) is 5.60 Å². The van der Waals surface area contributed by atoms with Gasteiger partial charge in [0.2, 0.25) is 0 Å². The summed E-state index contributed by atoms with van der Waals surface area (Å²) < 4.78 is 37.1. The van der Waals surface area contributed by atoms with Gasteiger partial charge in [0.25, 0.3) is 5.91 Å². The summed E-state index contributed by atoms with van der Waals surface area (Å²) in [7, 11) is 0. The van der Waals surface area contributed by atoms with Gasteiger partial charge in [-0.05, 0) is 19.1 Å². The number of amides is 1. The fourth-order valence-electron chi connectivity index (χ4n) is 1.01. The van der Waals surface area contributed by atoms with Crippen LogP contribution in [0, 0.1) is 0 Å². The van der Waals surface area contributed by atoms with E-state index in [-0.39, 0.29) is 15.9 Å². The molecule has 0 aromatic carbocycles. The second-order valence-corrected chi connectivity index (χ2v) is 4.71. The van der Waals surface area contributed by atoms with Crippen LogP contribution in [0.15, 0.2) is 12.1 Å². The van der Waals surface area contributed by atoms with Crippen LogP contribution in [-0.4, -0.2) is 34.3 Å². The van der Waals surface area contributed by atoms with E-state index in [1.54, 1.807) is 0 Å². The largest absolute Gasteiger partial charge is 0.418 e. The molecule has 0 spiro atoms. The molecule has 0 unspecified atom stereocenters. The number of hydrogen-bond acceptors (Lipinski definition) is 3. The van der Waals surface area contributed by atoms with E-state index < -0.39 is 24.2 Å². The van der Waals surface area contributed by atoms with Crippen molar-refractivity contribution in [2.24, 2.45) is 0 Å². The van der Waals surface area contributed by atoms with Crippen LogP contribution in [0.4, 0.5) is 13.2 Å². The minimum absolute atomic E-state index is 0.0304. The molecule has 0 saturated heterocycles. The Morgan fingerprint density at radius 1 is 1.42 bits per heavy atom. The summed E-state index contributed by atoms with van der Waals surface area (Å²) in [6.07, 6.45) is -4.87. The highest BCUT2D eigenvalue weighted by Gasteiger charge is 2.49. The normalized spacial score (nSPS) is 14.9. The van der Waals surface area contributed by atoms with Gasteiger partial charge in [0.1, 0.15) is 10.8 Å². The maximum atomic E-state index is 12.4. The standard InChI is InChI=1S/C10H9Cl2F3N2O2/c1-9(19,10(13,14)15)4-16-8(18)7-5(11)2-3-6(12)17-7/h2-3,19H,4H2,1H3,(H,16,18)/t9-/m0/s1. The Balaban J connectivity index is 2.79. The first-order valence-corrected chi connectivity index (χ1v) is 5.69. The molecule has 1 heterocycles. The Morgan fingerprint density at radius 2 is 2.00 bits per heavy atom. The number of nitrogens with zero attached hydrogens (tertiary/aromatic N) is 1. The van der Waals surface area contributed by atoms with Gasteiger partial charge in [0, 0.05) is 0 Å². The Hall–Kier alpha value is -1.05. The summed E-state index contributed by atoms with van der Waals surface area (Å²) in [5.41, 5.74) is -3.36. The van der Waals surface area contributed by atoms with E-state index in [9.17, 15) is 18.0 Å². The zero-order chi connectivity index (χ0) is 14.8. The Kier molecular flexibility index (Phi) is 4.65. The summed E-state index contributed by atoms with van der Waals surface area (Å²) in [5.74, 6) is -0.961. The number of alkyl halides is 3. The minimum Gasteiger partial charge on any atom is -0.379 e. The van der Waals surface area contributed by atoms with Crippen molar-refractivity contribution in [2.75, 3.05) is 6.54 Å². The zero-order valence-corrected chi connectivity index (χ0v) is 11.1. The van der Waals surface area contributed by atoms with Gasteiger partial charge in [0.05, 0.1) is 11.6 Å². The molecule has 2 N–H and O–H groups in total. The third-order valence-corrected chi connectivity index (χ3v) is 2.75. The molecule has 0 aliphatic carbocycles. The number of halogens is 5. The Morgan fingerprint density at radius 3 is 2.53 bits per heavy atom. The highest BCUT2D eigenvalue weighted by atomic mass is 35.5. The molecule has 9 heteroatoms. The molecule has 0 saturated carbocycles. The van der Waals surface area contributed by atoms with Crippen molar-refractivity contribution in [2.45, 2.75) is 18.7 Å². The van der Waals surface area contributed by atoms with E-state index >= 15 is 0 Å². The number of aliphatic hydroxyl groups is 1. The first kappa shape index (κ1) is 16.0. The highest BCUT2D eigenvalue weighted by molar-refractivity contribution is 6.34. The van der Waals surface area contributed by atoms with E-state index in [4.69, 9.17) is 28.3 Å². The maximum absolute atomic E-state index is 12.4. The lowest BCUT2D eigenvalue weighted by molar-refractivity contribution is -0.249. The summed E-state index contributed by atoms with van der Waals surface area (Å²) in [5, 5.41) is 11.0. The van der Waals surface area contributed by atoms with Crippen molar-refractivity contribution in [1.82, 2.24) is 10.3 Å². The van der Waals surface area contributed by atoms with Crippen LogP contribution < -0.4 is 5.32 Å². The van der Waals surface area contributed by atoms with E-state index in [0.717, 1.165) is 0 Å². The SMILES string of the molecule is C[C@](O)(CNC(=O)c1nc(Cl)ccc1Cl)C(F)(F)F. The van der Waals surface area contributed by atoms with Crippen molar-refractivity contribution in [3.63, 3.8) is 0 Å². The third kappa shape index (κ3) is 3.95. The van der Waals surface area contributed by atoms with Crippen LogP contribution in [0.3, 0.4) is 0 Å². The van der Waals surface area contributed by atoms with Gasteiger partial charge < -0.3 is 10.4 Å². The summed E-state index contributed by atoms with van der Waals surface area (Å²) >= 11 is 11.2. The fourth-order valence-corrected chi connectivity index (χ4v) is 1.35. The number of hydrogen-bond donors (Lipinski definition) is 2. The predicted octanol–water partition coefficient (Wildman–Crippen LogP) is 2.43. The summed E-state index contributed by atoms with van der Waals surface area (Å²) in [4.78, 5) is 15.2. The van der Waals surface area contributed by atoms with Crippen LogP contribution in [0.25, 0.3) is 0 Å². The molecule has 0 fully saturated rings. The summed E-state index contributed by atoms with van der Waals surface area (Å²) in [6.45, 7) is -0.486. The van der Waals surface area contributed by atoms with E-state index in [1.807, 2.05) is 5.32 Å². The predicted molar refractivity (Wildman–Crippen MR) is 63.3 cm³/mol. The highest BCUT2D eigenvalue weighted by Crippen LogP contribution is 2.29. The van der Waals surface area contributed by atoms with Gasteiger partial charge in [-0.15, -0.1) is 0 Å². The van der Waals surface area contributed by atoms with Crippen LogP contribution in [-0.2, 0) is 0 Å². The number of nitrogens with one attached hydrogen (secondary N) is 1. The lowest BCUT2D eigenvalue weighted by Gasteiger charge is -2.26. The van der Waals surface area contributed by atoms with Crippen molar-refractivity contribution in [3.8, 4) is 0 Å². The average molecular weight is 317 g/mol. The number of carbonyl (C=O) groups is 1. The van der Waals surface area contributed by atoms with Gasteiger partial charge in [-0.3, -0.25) is 4.79 Å². The second kappa shape index (κ2) is 5.52. The number of pyridine rings is 1. The molecule has 0 bridgehead atoms. The smallest absolute Gasteiger partial charge is 0.379 e.